The van der Waals surface area contributed by atoms with Crippen LogP contribution in [-0.4, -0.2) is 44.2 Å². The summed E-state index contributed by atoms with van der Waals surface area (Å²) in [5, 5.41) is 11.5. The van der Waals surface area contributed by atoms with E-state index < -0.39 is 35.8 Å². The molecule has 1 aromatic heterocycles. The van der Waals surface area contributed by atoms with Crippen molar-refractivity contribution in [2.45, 2.75) is 24.2 Å². The van der Waals surface area contributed by atoms with Gasteiger partial charge in [-0.1, -0.05) is 11.8 Å². The minimum Gasteiger partial charge on any atom is -0.480 e. The van der Waals surface area contributed by atoms with Crippen molar-refractivity contribution in [1.82, 2.24) is 14.9 Å². The van der Waals surface area contributed by atoms with Gasteiger partial charge in [0.05, 0.1) is 6.42 Å². The van der Waals surface area contributed by atoms with Crippen LogP contribution in [0.25, 0.3) is 0 Å². The molecule has 10 heteroatoms. The minimum atomic E-state index is -1.48. The highest BCUT2D eigenvalue weighted by atomic mass is 32.2. The molecule has 0 saturated heterocycles. The molecular formula is C11H12N4O5S. The Kier molecular flexibility index (Phi) is 4.26. The first kappa shape index (κ1) is 15.0. The number of primary amides is 1. The van der Waals surface area contributed by atoms with E-state index in [0.717, 1.165) is 6.20 Å². The highest BCUT2D eigenvalue weighted by Gasteiger charge is 2.26. The fourth-order valence-corrected chi connectivity index (χ4v) is 2.72. The van der Waals surface area contributed by atoms with Gasteiger partial charge in [-0.2, -0.15) is 0 Å². The molecule has 0 saturated carbocycles. The number of aliphatic carboxylic acids is 1. The van der Waals surface area contributed by atoms with Crippen LogP contribution in [0.2, 0.25) is 0 Å². The fraction of sp³-hybridized carbons (Fsp3) is 0.364. The molecule has 1 aliphatic rings. The van der Waals surface area contributed by atoms with Gasteiger partial charge in [-0.15, -0.1) is 0 Å². The summed E-state index contributed by atoms with van der Waals surface area (Å²) in [6.07, 6.45) is 0.543. The van der Waals surface area contributed by atoms with Crippen molar-refractivity contribution < 1.29 is 19.5 Å². The molecule has 0 bridgehead atoms. The highest BCUT2D eigenvalue weighted by molar-refractivity contribution is 7.99. The summed E-state index contributed by atoms with van der Waals surface area (Å²) in [6.45, 7) is 0.441. The molecule has 2 rings (SSSR count). The van der Waals surface area contributed by atoms with Gasteiger partial charge in [0, 0.05) is 18.5 Å². The van der Waals surface area contributed by atoms with Gasteiger partial charge in [-0.05, 0) is 0 Å². The predicted molar refractivity (Wildman–Crippen MR) is 71.9 cm³/mol. The van der Waals surface area contributed by atoms with Crippen LogP contribution in [0.4, 0.5) is 0 Å². The van der Waals surface area contributed by atoms with Crippen LogP contribution in [0.15, 0.2) is 16.1 Å². The van der Waals surface area contributed by atoms with Gasteiger partial charge in [-0.3, -0.25) is 19.0 Å². The number of amides is 2. The molecule has 2 amide bonds. The highest BCUT2D eigenvalue weighted by Crippen LogP contribution is 2.20. The van der Waals surface area contributed by atoms with Crippen LogP contribution in [0.5, 0.6) is 0 Å². The molecular weight excluding hydrogens is 300 g/mol. The average Bonchev–Trinajstić information content (AvgIpc) is 2.86. The molecule has 0 fully saturated rings. The number of aromatic nitrogens is 2. The lowest BCUT2D eigenvalue weighted by Gasteiger charge is -2.12. The van der Waals surface area contributed by atoms with Crippen molar-refractivity contribution in [2.24, 2.45) is 5.73 Å². The number of carboxylic acids is 1. The Morgan fingerprint density at radius 3 is 2.86 bits per heavy atom. The van der Waals surface area contributed by atoms with Crippen molar-refractivity contribution >= 4 is 29.5 Å². The Balaban J connectivity index is 2.22. The fourth-order valence-electron chi connectivity index (χ4n) is 1.81. The summed E-state index contributed by atoms with van der Waals surface area (Å²) in [6, 6.07) is -1.48. The first-order chi connectivity index (χ1) is 9.90. The molecule has 1 aliphatic heterocycles. The van der Waals surface area contributed by atoms with Crippen molar-refractivity contribution in [1.29, 1.82) is 0 Å². The number of carbonyl (C=O) groups excluding carboxylic acids is 2. The van der Waals surface area contributed by atoms with Crippen LogP contribution >= 0.6 is 11.8 Å². The van der Waals surface area contributed by atoms with E-state index in [9.17, 15) is 19.2 Å². The Morgan fingerprint density at radius 2 is 2.24 bits per heavy atom. The lowest BCUT2D eigenvalue weighted by molar-refractivity contribution is -0.140. The van der Waals surface area contributed by atoms with Gasteiger partial charge in [0.15, 0.2) is 5.16 Å². The van der Waals surface area contributed by atoms with E-state index in [1.165, 1.54) is 16.3 Å². The third-order valence-electron chi connectivity index (χ3n) is 2.81. The zero-order valence-electron chi connectivity index (χ0n) is 10.7. The number of carboxylic acid groups (broad SMARTS) is 1. The van der Waals surface area contributed by atoms with Crippen molar-refractivity contribution in [3.63, 3.8) is 0 Å². The van der Waals surface area contributed by atoms with Crippen LogP contribution < -0.4 is 16.6 Å². The van der Waals surface area contributed by atoms with Crippen LogP contribution in [0.3, 0.4) is 0 Å². The van der Waals surface area contributed by atoms with Gasteiger partial charge in [0.25, 0.3) is 11.5 Å². The van der Waals surface area contributed by atoms with Crippen LogP contribution in [-0.2, 0) is 16.1 Å². The normalized spacial score (nSPS) is 14.3. The summed E-state index contributed by atoms with van der Waals surface area (Å²) in [4.78, 5) is 49.8. The maximum Gasteiger partial charge on any atom is 0.326 e. The van der Waals surface area contributed by atoms with Gasteiger partial charge < -0.3 is 16.2 Å². The number of fused-ring (bicyclic) bond motifs is 1. The quantitative estimate of drug-likeness (QED) is 0.556. The second-order valence-electron chi connectivity index (χ2n) is 4.29. The lowest BCUT2D eigenvalue weighted by atomic mass is 10.2. The van der Waals surface area contributed by atoms with E-state index in [4.69, 9.17) is 10.8 Å². The SMILES string of the molecule is NC(=O)C[C@@H](NC(=O)c1cnc2n(c1=O)CCS2)C(=O)O. The average molecular weight is 312 g/mol. The Hall–Kier alpha value is -2.36. The Labute approximate surface area is 122 Å². The van der Waals surface area contributed by atoms with Crippen molar-refractivity contribution in [3.8, 4) is 0 Å². The first-order valence-corrected chi connectivity index (χ1v) is 6.93. The van der Waals surface area contributed by atoms with E-state index in [1.54, 1.807) is 0 Å². The van der Waals surface area contributed by atoms with Gasteiger partial charge in [0.1, 0.15) is 11.6 Å². The van der Waals surface area contributed by atoms with Crippen LogP contribution in [0, 0.1) is 0 Å². The van der Waals surface area contributed by atoms with E-state index in [-0.39, 0.29) is 5.56 Å². The molecule has 2 heterocycles. The zero-order valence-corrected chi connectivity index (χ0v) is 11.6. The number of nitrogens with two attached hydrogens (primary N) is 1. The molecule has 112 valence electrons. The van der Waals surface area contributed by atoms with E-state index in [1.807, 2.05) is 0 Å². The topological polar surface area (TPSA) is 144 Å². The molecule has 0 aliphatic carbocycles. The smallest absolute Gasteiger partial charge is 0.326 e. The van der Waals surface area contributed by atoms with E-state index in [0.29, 0.717) is 17.5 Å². The molecule has 21 heavy (non-hydrogen) atoms. The van der Waals surface area contributed by atoms with Gasteiger partial charge in [-0.25, -0.2) is 9.78 Å². The number of hydrogen-bond acceptors (Lipinski definition) is 6. The number of nitrogens with one attached hydrogen (secondary N) is 1. The number of nitrogens with zero attached hydrogens (tertiary/aromatic N) is 2. The van der Waals surface area contributed by atoms with E-state index >= 15 is 0 Å². The molecule has 1 atom stereocenters. The summed E-state index contributed by atoms with van der Waals surface area (Å²) < 4.78 is 1.35. The number of thioether (sulfide) groups is 1. The largest absolute Gasteiger partial charge is 0.480 e. The minimum absolute atomic E-state index is 0.267. The maximum absolute atomic E-state index is 12.1. The molecule has 0 aromatic carbocycles. The van der Waals surface area contributed by atoms with Crippen LogP contribution in [0.1, 0.15) is 16.8 Å². The number of hydrogen-bond donors (Lipinski definition) is 3. The Bertz CT molecular complexity index is 671. The van der Waals surface area contributed by atoms with Crippen molar-refractivity contribution in [3.05, 3.63) is 22.1 Å². The monoisotopic (exact) mass is 312 g/mol. The maximum atomic E-state index is 12.1. The Morgan fingerprint density at radius 1 is 1.52 bits per heavy atom. The predicted octanol–water partition coefficient (Wildman–Crippen LogP) is -1.59. The van der Waals surface area contributed by atoms with Gasteiger partial charge in [0.2, 0.25) is 5.91 Å². The number of rotatable bonds is 5. The van der Waals surface area contributed by atoms with Gasteiger partial charge >= 0.3 is 5.97 Å². The summed E-state index contributed by atoms with van der Waals surface area (Å²) in [7, 11) is 0. The first-order valence-electron chi connectivity index (χ1n) is 5.94. The standard InChI is InChI=1S/C11H12N4O5S/c12-7(16)3-6(10(19)20)14-8(17)5-4-13-11-15(9(5)18)1-2-21-11/h4,6H,1-3H2,(H2,12,16)(H,14,17)(H,19,20)/t6-/m1/s1. The summed E-state index contributed by atoms with van der Waals surface area (Å²) >= 11 is 1.39. The molecule has 0 unspecified atom stereocenters. The molecule has 4 N–H and O–H groups in total. The summed E-state index contributed by atoms with van der Waals surface area (Å²) in [5.41, 5.74) is 4.11. The molecule has 9 nitrogen and oxygen atoms in total. The zero-order chi connectivity index (χ0) is 15.6. The second-order valence-corrected chi connectivity index (χ2v) is 5.36. The summed E-state index contributed by atoms with van der Waals surface area (Å²) in [5.74, 6) is -2.49. The number of carbonyl (C=O) groups is 3. The molecule has 0 spiro atoms. The third kappa shape index (κ3) is 3.21. The van der Waals surface area contributed by atoms with Crippen molar-refractivity contribution in [2.75, 3.05) is 5.75 Å². The molecule has 1 aromatic rings. The molecule has 0 radical (unpaired) electrons. The lowest BCUT2D eigenvalue weighted by Crippen LogP contribution is -2.45. The second kappa shape index (κ2) is 5.95. The van der Waals surface area contributed by atoms with E-state index in [2.05, 4.69) is 10.3 Å². The third-order valence-corrected chi connectivity index (χ3v) is 3.78.